The summed E-state index contributed by atoms with van der Waals surface area (Å²) in [6.45, 7) is 13.9. The molecule has 2 aromatic heterocycles. The Labute approximate surface area is 198 Å². The highest BCUT2D eigenvalue weighted by molar-refractivity contribution is 9.10. The number of halogens is 1. The van der Waals surface area contributed by atoms with Crippen LogP contribution in [-0.2, 0) is 4.43 Å². The fourth-order valence-electron chi connectivity index (χ4n) is 2.94. The molecule has 0 atom stereocenters. The minimum Gasteiger partial charge on any atom is -0.417 e. The maximum Gasteiger partial charge on any atom is 0.191 e. The predicted octanol–water partition coefficient (Wildman–Crippen LogP) is 7.66. The van der Waals surface area contributed by atoms with E-state index in [0.717, 1.165) is 20.7 Å². The Balaban J connectivity index is 1.77. The molecule has 1 aromatic carbocycles. The lowest BCUT2D eigenvalue weighted by Crippen LogP contribution is -2.41. The molecule has 0 saturated heterocycles. The molecule has 31 heavy (non-hydrogen) atoms. The van der Waals surface area contributed by atoms with Crippen LogP contribution in [0.1, 0.15) is 49.7 Å². The van der Waals surface area contributed by atoms with Gasteiger partial charge in [-0.05, 0) is 78.8 Å². The van der Waals surface area contributed by atoms with E-state index in [1.54, 1.807) is 11.3 Å². The van der Waals surface area contributed by atoms with E-state index in [4.69, 9.17) is 4.43 Å². The number of thiophene rings is 1. The van der Waals surface area contributed by atoms with E-state index in [2.05, 4.69) is 73.3 Å². The zero-order valence-electron chi connectivity index (χ0n) is 19.2. The SMILES string of the molecule is Cc1csc(-c2cc(C(=O)CCCO[Si](C)(C)C(C)(C)C)nn2-c2ccc(Br)cc2)c1. The number of nitrogens with zero attached hydrogens (tertiary/aromatic N) is 2. The van der Waals surface area contributed by atoms with E-state index in [1.165, 1.54) is 5.56 Å². The molecule has 0 fully saturated rings. The van der Waals surface area contributed by atoms with Gasteiger partial charge in [-0.1, -0.05) is 36.7 Å². The number of hydrogen-bond acceptors (Lipinski definition) is 4. The molecule has 0 aliphatic carbocycles. The molecule has 0 aliphatic heterocycles. The second-order valence-electron chi connectivity index (χ2n) is 9.43. The molecule has 0 spiro atoms. The molecule has 166 valence electrons. The summed E-state index contributed by atoms with van der Waals surface area (Å²) in [5, 5.41) is 6.98. The third-order valence-electron chi connectivity index (χ3n) is 5.87. The summed E-state index contributed by atoms with van der Waals surface area (Å²) >= 11 is 5.15. The smallest absolute Gasteiger partial charge is 0.191 e. The van der Waals surface area contributed by atoms with Crippen LogP contribution < -0.4 is 0 Å². The van der Waals surface area contributed by atoms with Crippen molar-refractivity contribution in [1.82, 2.24) is 9.78 Å². The summed E-state index contributed by atoms with van der Waals surface area (Å²) in [6.07, 6.45) is 1.15. The number of aromatic nitrogens is 2. The third kappa shape index (κ3) is 5.83. The fourth-order valence-corrected chi connectivity index (χ4v) is 5.20. The minimum absolute atomic E-state index is 0.0595. The van der Waals surface area contributed by atoms with Crippen LogP contribution in [0.4, 0.5) is 0 Å². The maximum atomic E-state index is 12.9. The Hall–Kier alpha value is -1.54. The van der Waals surface area contributed by atoms with E-state index < -0.39 is 8.32 Å². The van der Waals surface area contributed by atoms with Crippen molar-refractivity contribution in [3.63, 3.8) is 0 Å². The normalized spacial score (nSPS) is 12.4. The highest BCUT2D eigenvalue weighted by Gasteiger charge is 2.36. The van der Waals surface area contributed by atoms with Crippen molar-refractivity contribution >= 4 is 41.4 Å². The van der Waals surface area contributed by atoms with Gasteiger partial charge in [0.05, 0.1) is 16.3 Å². The summed E-state index contributed by atoms with van der Waals surface area (Å²) in [6, 6.07) is 12.0. The van der Waals surface area contributed by atoms with Crippen molar-refractivity contribution in [2.45, 2.75) is 58.7 Å². The molecule has 0 amide bonds. The monoisotopic (exact) mass is 518 g/mol. The van der Waals surface area contributed by atoms with Crippen molar-refractivity contribution in [3.05, 3.63) is 57.5 Å². The lowest BCUT2D eigenvalue weighted by atomic mass is 10.1. The van der Waals surface area contributed by atoms with Crippen LogP contribution in [0.3, 0.4) is 0 Å². The number of rotatable bonds is 8. The quantitative estimate of drug-likeness (QED) is 0.174. The second-order valence-corrected chi connectivity index (χ2v) is 16.1. The van der Waals surface area contributed by atoms with Gasteiger partial charge in [0.25, 0.3) is 0 Å². The van der Waals surface area contributed by atoms with Gasteiger partial charge in [0, 0.05) is 17.5 Å². The molecule has 0 N–H and O–H groups in total. The first-order valence-electron chi connectivity index (χ1n) is 10.6. The highest BCUT2D eigenvalue weighted by atomic mass is 79.9. The number of benzene rings is 1. The van der Waals surface area contributed by atoms with Crippen LogP contribution in [0.15, 0.2) is 46.3 Å². The third-order valence-corrected chi connectivity index (χ3v) is 12.0. The summed E-state index contributed by atoms with van der Waals surface area (Å²) in [5.41, 5.74) is 3.60. The van der Waals surface area contributed by atoms with Crippen molar-refractivity contribution in [2.75, 3.05) is 6.61 Å². The largest absolute Gasteiger partial charge is 0.417 e. The zero-order chi connectivity index (χ0) is 22.8. The molecule has 0 unspecified atom stereocenters. The number of aryl methyl sites for hydroxylation is 1. The van der Waals surface area contributed by atoms with Gasteiger partial charge in [-0.2, -0.15) is 5.10 Å². The van der Waals surface area contributed by atoms with Crippen LogP contribution in [0.2, 0.25) is 18.1 Å². The summed E-state index contributed by atoms with van der Waals surface area (Å²) in [7, 11) is -1.79. The highest BCUT2D eigenvalue weighted by Crippen LogP contribution is 2.36. The molecule has 2 heterocycles. The van der Waals surface area contributed by atoms with Gasteiger partial charge in [-0.3, -0.25) is 4.79 Å². The molecule has 3 aromatic rings. The Morgan fingerprint density at radius 2 is 1.87 bits per heavy atom. The molecule has 3 rings (SSSR count). The standard InChI is InChI=1S/C24H31BrN2O2SSi/c1-17-14-23(30-16-17)21-15-20(26-27(21)19-11-9-18(25)10-12-19)22(28)8-7-13-29-31(5,6)24(2,3)4/h9-12,14-16H,7-8,13H2,1-6H3. The lowest BCUT2D eigenvalue weighted by molar-refractivity contribution is 0.0967. The molecule has 0 aliphatic rings. The fraction of sp³-hybridized carbons (Fsp3) is 0.417. The van der Waals surface area contributed by atoms with E-state index in [9.17, 15) is 4.79 Å². The first kappa shape index (κ1) is 24.1. The van der Waals surface area contributed by atoms with Gasteiger partial charge >= 0.3 is 0 Å². The van der Waals surface area contributed by atoms with Gasteiger partial charge in [0.15, 0.2) is 14.1 Å². The second kappa shape index (κ2) is 9.53. The molecular formula is C24H31BrN2O2SSi. The molecule has 7 heteroatoms. The van der Waals surface area contributed by atoms with Crippen LogP contribution in [0, 0.1) is 6.92 Å². The maximum absolute atomic E-state index is 12.9. The molecule has 0 radical (unpaired) electrons. The summed E-state index contributed by atoms with van der Waals surface area (Å²) < 4.78 is 9.10. The molecular weight excluding hydrogens is 488 g/mol. The number of carbonyl (C=O) groups excluding carboxylic acids is 1. The van der Waals surface area contributed by atoms with Gasteiger partial charge in [-0.15, -0.1) is 11.3 Å². The number of ketones is 1. The van der Waals surface area contributed by atoms with E-state index >= 15 is 0 Å². The molecule has 0 saturated carbocycles. The van der Waals surface area contributed by atoms with Gasteiger partial charge in [-0.25, -0.2) is 4.68 Å². The van der Waals surface area contributed by atoms with Crippen molar-refractivity contribution < 1.29 is 9.22 Å². The average molecular weight is 520 g/mol. The van der Waals surface area contributed by atoms with Crippen molar-refractivity contribution in [2.24, 2.45) is 0 Å². The lowest BCUT2D eigenvalue weighted by Gasteiger charge is -2.36. The van der Waals surface area contributed by atoms with E-state index in [1.807, 2.05) is 35.0 Å². The van der Waals surface area contributed by atoms with Gasteiger partial charge in [0.1, 0.15) is 5.69 Å². The molecule has 4 nitrogen and oxygen atoms in total. The zero-order valence-corrected chi connectivity index (χ0v) is 22.6. The van der Waals surface area contributed by atoms with Gasteiger partial charge in [0.2, 0.25) is 0 Å². The topological polar surface area (TPSA) is 44.1 Å². The number of Topliss-reactive ketones (excluding diaryl/α,β-unsaturated/α-hetero) is 1. The molecule has 0 bridgehead atoms. The minimum atomic E-state index is -1.79. The Morgan fingerprint density at radius 3 is 2.45 bits per heavy atom. The first-order chi connectivity index (χ1) is 14.5. The van der Waals surface area contributed by atoms with Gasteiger partial charge < -0.3 is 4.43 Å². The first-order valence-corrected chi connectivity index (χ1v) is 15.1. The van der Waals surface area contributed by atoms with Crippen molar-refractivity contribution in [3.8, 4) is 16.3 Å². The number of hydrogen-bond donors (Lipinski definition) is 0. The average Bonchev–Trinajstić information content (AvgIpc) is 3.31. The summed E-state index contributed by atoms with van der Waals surface area (Å²) in [4.78, 5) is 14.0. The van der Waals surface area contributed by atoms with Crippen molar-refractivity contribution in [1.29, 1.82) is 0 Å². The summed E-state index contributed by atoms with van der Waals surface area (Å²) in [5.74, 6) is 0.0595. The van der Waals surface area contributed by atoms with Crippen LogP contribution in [-0.4, -0.2) is 30.5 Å². The van der Waals surface area contributed by atoms with Crippen LogP contribution in [0.25, 0.3) is 16.3 Å². The van der Waals surface area contributed by atoms with Crippen LogP contribution in [0.5, 0.6) is 0 Å². The van der Waals surface area contributed by atoms with E-state index in [0.29, 0.717) is 25.1 Å². The van der Waals surface area contributed by atoms with E-state index in [-0.39, 0.29) is 10.8 Å². The Morgan fingerprint density at radius 1 is 1.19 bits per heavy atom. The predicted molar refractivity (Wildman–Crippen MR) is 136 cm³/mol. The Kier molecular flexibility index (Phi) is 7.41. The Bertz CT molecular complexity index is 1050. The number of carbonyl (C=O) groups is 1. The van der Waals surface area contributed by atoms with Crippen LogP contribution >= 0.6 is 27.3 Å².